The van der Waals surface area contributed by atoms with Crippen LogP contribution in [-0.4, -0.2) is 59.0 Å². The third-order valence-corrected chi connectivity index (χ3v) is 5.38. The molecule has 4 rings (SSSR count). The predicted octanol–water partition coefficient (Wildman–Crippen LogP) is 1.42. The fourth-order valence-corrected chi connectivity index (χ4v) is 4.26. The second kappa shape index (κ2) is 6.68. The predicted molar refractivity (Wildman–Crippen MR) is 99.9 cm³/mol. The number of nitrogens with zero attached hydrogens (tertiary/aromatic N) is 4. The Balaban J connectivity index is 1.65. The van der Waals surface area contributed by atoms with Crippen molar-refractivity contribution in [3.8, 4) is 11.1 Å². The van der Waals surface area contributed by atoms with Gasteiger partial charge in [-0.05, 0) is 44.6 Å². The van der Waals surface area contributed by atoms with Crippen molar-refractivity contribution in [3.63, 3.8) is 0 Å². The molecule has 0 radical (unpaired) electrons. The van der Waals surface area contributed by atoms with Crippen molar-refractivity contribution >= 4 is 5.91 Å². The number of rotatable bonds is 3. The van der Waals surface area contributed by atoms with E-state index in [0.29, 0.717) is 31.1 Å². The average Bonchev–Trinajstić information content (AvgIpc) is 2.62. The molecule has 2 aromatic heterocycles. The molecule has 6 nitrogen and oxygen atoms in total. The number of carbonyl (C=O) groups excluding carboxylic acids is 1. The van der Waals surface area contributed by atoms with Gasteiger partial charge in [-0.3, -0.25) is 14.6 Å². The normalized spacial score (nSPS) is 21.6. The van der Waals surface area contributed by atoms with Crippen molar-refractivity contribution < 1.29 is 4.79 Å². The molecule has 1 saturated heterocycles. The fraction of sp³-hybridized carbons (Fsp3) is 0.450. The fourth-order valence-electron chi connectivity index (χ4n) is 4.26. The van der Waals surface area contributed by atoms with Crippen LogP contribution in [0.3, 0.4) is 0 Å². The largest absolute Gasteiger partial charge is 0.341 e. The van der Waals surface area contributed by atoms with E-state index < -0.39 is 0 Å². The first-order valence-electron chi connectivity index (χ1n) is 9.09. The van der Waals surface area contributed by atoms with E-state index in [1.165, 1.54) is 0 Å². The Labute approximate surface area is 153 Å². The van der Waals surface area contributed by atoms with Crippen LogP contribution in [0, 0.1) is 5.92 Å². The van der Waals surface area contributed by atoms with Gasteiger partial charge in [0.25, 0.3) is 5.56 Å². The molecule has 0 spiro atoms. The molecule has 0 N–H and O–H groups in total. The first-order chi connectivity index (χ1) is 12.5. The summed E-state index contributed by atoms with van der Waals surface area (Å²) in [5.41, 5.74) is 2.66. The average molecular weight is 352 g/mol. The maximum Gasteiger partial charge on any atom is 0.258 e. The lowest BCUT2D eigenvalue weighted by Crippen LogP contribution is -2.51. The van der Waals surface area contributed by atoms with Crippen LogP contribution in [0.4, 0.5) is 0 Å². The minimum atomic E-state index is 0.0540. The van der Waals surface area contributed by atoms with Crippen molar-refractivity contribution in [3.05, 3.63) is 52.7 Å². The van der Waals surface area contributed by atoms with Gasteiger partial charge in [0.1, 0.15) is 0 Å². The first-order valence-corrected chi connectivity index (χ1v) is 9.09. The van der Waals surface area contributed by atoms with Crippen LogP contribution in [0.5, 0.6) is 0 Å². The lowest BCUT2D eigenvalue weighted by molar-refractivity contribution is -0.134. The van der Waals surface area contributed by atoms with Crippen molar-refractivity contribution in [2.24, 2.45) is 5.92 Å². The maximum absolute atomic E-state index is 13.1. The standard InChI is InChI=1S/C20H24N4O2/c1-22(2)13-19(25)23-10-14-8-16(12-23)18-6-5-17(20(26)24(18)11-14)15-4-3-7-21-9-15/h3-7,9,14,16H,8,10-13H2,1-2H3. The van der Waals surface area contributed by atoms with E-state index in [2.05, 4.69) is 11.1 Å². The zero-order valence-electron chi connectivity index (χ0n) is 15.3. The quantitative estimate of drug-likeness (QED) is 0.838. The van der Waals surface area contributed by atoms with Crippen LogP contribution in [0.2, 0.25) is 0 Å². The van der Waals surface area contributed by atoms with Gasteiger partial charge in [-0.25, -0.2) is 0 Å². The summed E-state index contributed by atoms with van der Waals surface area (Å²) in [4.78, 5) is 33.5. The summed E-state index contributed by atoms with van der Waals surface area (Å²) in [6.07, 6.45) is 4.50. The van der Waals surface area contributed by atoms with Crippen LogP contribution in [0.1, 0.15) is 18.0 Å². The summed E-state index contributed by atoms with van der Waals surface area (Å²) in [6, 6.07) is 7.74. The number of pyridine rings is 2. The number of hydrogen-bond donors (Lipinski definition) is 0. The van der Waals surface area contributed by atoms with E-state index in [-0.39, 0.29) is 17.4 Å². The van der Waals surface area contributed by atoms with E-state index in [4.69, 9.17) is 0 Å². The van der Waals surface area contributed by atoms with E-state index in [1.54, 1.807) is 12.4 Å². The van der Waals surface area contributed by atoms with Gasteiger partial charge in [0.2, 0.25) is 5.91 Å². The highest BCUT2D eigenvalue weighted by Gasteiger charge is 2.36. The molecule has 26 heavy (non-hydrogen) atoms. The Kier molecular flexibility index (Phi) is 4.36. The number of likely N-dealkylation sites (N-methyl/N-ethyl adjacent to an activating group) is 1. The maximum atomic E-state index is 13.1. The van der Waals surface area contributed by atoms with Gasteiger partial charge in [-0.15, -0.1) is 0 Å². The molecule has 1 amide bonds. The molecule has 0 aliphatic carbocycles. The topological polar surface area (TPSA) is 58.4 Å². The van der Waals surface area contributed by atoms with E-state index in [0.717, 1.165) is 24.2 Å². The number of carbonyl (C=O) groups is 1. The van der Waals surface area contributed by atoms with Crippen LogP contribution < -0.4 is 5.56 Å². The van der Waals surface area contributed by atoms with Gasteiger partial charge in [0.05, 0.1) is 6.54 Å². The van der Waals surface area contributed by atoms with Gasteiger partial charge in [0, 0.05) is 54.8 Å². The summed E-state index contributed by atoms with van der Waals surface area (Å²) in [5.74, 6) is 0.756. The van der Waals surface area contributed by atoms with Crippen molar-refractivity contribution in [2.45, 2.75) is 18.9 Å². The molecule has 2 atom stereocenters. The van der Waals surface area contributed by atoms with Gasteiger partial charge in [0.15, 0.2) is 0 Å². The van der Waals surface area contributed by atoms with Crippen molar-refractivity contribution in [1.82, 2.24) is 19.4 Å². The second-order valence-electron chi connectivity index (χ2n) is 7.66. The summed E-state index contributed by atoms with van der Waals surface area (Å²) in [6.45, 7) is 2.57. The molecule has 4 heterocycles. The Morgan fingerprint density at radius 1 is 1.23 bits per heavy atom. The van der Waals surface area contributed by atoms with Crippen LogP contribution >= 0.6 is 0 Å². The molecule has 0 aromatic carbocycles. The molecule has 136 valence electrons. The molecule has 2 aliphatic rings. The molecule has 2 bridgehead atoms. The van der Waals surface area contributed by atoms with Crippen molar-refractivity contribution in [1.29, 1.82) is 0 Å². The lowest BCUT2D eigenvalue weighted by Gasteiger charge is -2.43. The van der Waals surface area contributed by atoms with E-state index in [9.17, 15) is 9.59 Å². The Morgan fingerprint density at radius 2 is 2.08 bits per heavy atom. The van der Waals surface area contributed by atoms with Gasteiger partial charge in [-0.1, -0.05) is 6.07 Å². The molecule has 2 unspecified atom stereocenters. The Bertz CT molecular complexity index is 875. The molecular formula is C20H24N4O2. The van der Waals surface area contributed by atoms with Gasteiger partial charge in [-0.2, -0.15) is 0 Å². The highest BCUT2D eigenvalue weighted by molar-refractivity contribution is 5.78. The minimum absolute atomic E-state index is 0.0540. The third kappa shape index (κ3) is 3.05. The highest BCUT2D eigenvalue weighted by Crippen LogP contribution is 2.35. The monoisotopic (exact) mass is 352 g/mol. The SMILES string of the molecule is CN(C)CC(=O)N1CC2CC(C1)c1ccc(-c3cccnc3)c(=O)n1C2. The lowest BCUT2D eigenvalue weighted by atomic mass is 9.82. The van der Waals surface area contributed by atoms with Crippen LogP contribution in [0.25, 0.3) is 11.1 Å². The van der Waals surface area contributed by atoms with Gasteiger partial charge >= 0.3 is 0 Å². The highest BCUT2D eigenvalue weighted by atomic mass is 16.2. The number of fused-ring (bicyclic) bond motifs is 4. The summed E-state index contributed by atoms with van der Waals surface area (Å²) in [5, 5.41) is 0. The number of amides is 1. The minimum Gasteiger partial charge on any atom is -0.341 e. The molecule has 6 heteroatoms. The molecular weight excluding hydrogens is 328 g/mol. The summed E-state index contributed by atoms with van der Waals surface area (Å²) < 4.78 is 1.93. The van der Waals surface area contributed by atoms with E-state index >= 15 is 0 Å². The Morgan fingerprint density at radius 3 is 2.81 bits per heavy atom. The molecule has 2 aromatic rings. The van der Waals surface area contributed by atoms with E-state index in [1.807, 2.05) is 46.7 Å². The smallest absolute Gasteiger partial charge is 0.258 e. The molecule has 2 aliphatic heterocycles. The van der Waals surface area contributed by atoms with Crippen molar-refractivity contribution in [2.75, 3.05) is 33.7 Å². The zero-order valence-corrected chi connectivity index (χ0v) is 15.3. The number of likely N-dealkylation sites (tertiary alicyclic amines) is 1. The third-order valence-electron chi connectivity index (χ3n) is 5.38. The number of piperidine rings is 1. The van der Waals surface area contributed by atoms with Crippen LogP contribution in [0.15, 0.2) is 41.5 Å². The first kappa shape index (κ1) is 17.0. The van der Waals surface area contributed by atoms with Crippen LogP contribution in [-0.2, 0) is 11.3 Å². The zero-order chi connectivity index (χ0) is 18.3. The molecule has 0 saturated carbocycles. The number of aromatic nitrogens is 2. The Hall–Kier alpha value is -2.47. The summed E-state index contributed by atoms with van der Waals surface area (Å²) in [7, 11) is 3.83. The van der Waals surface area contributed by atoms with Gasteiger partial charge < -0.3 is 14.4 Å². The number of hydrogen-bond acceptors (Lipinski definition) is 4. The summed E-state index contributed by atoms with van der Waals surface area (Å²) >= 11 is 0. The second-order valence-corrected chi connectivity index (χ2v) is 7.66. The molecule has 1 fully saturated rings.